The van der Waals surface area contributed by atoms with E-state index in [9.17, 15) is 19.2 Å². The van der Waals surface area contributed by atoms with Crippen LogP contribution in [0.3, 0.4) is 0 Å². The van der Waals surface area contributed by atoms with Crippen molar-refractivity contribution >= 4 is 34.6 Å². The van der Waals surface area contributed by atoms with E-state index in [4.69, 9.17) is 0 Å². The second-order valence-electron chi connectivity index (χ2n) is 9.20. The summed E-state index contributed by atoms with van der Waals surface area (Å²) in [4.78, 5) is 56.3. The van der Waals surface area contributed by atoms with Gasteiger partial charge in [0.15, 0.2) is 0 Å². The lowest BCUT2D eigenvalue weighted by Gasteiger charge is -2.27. The van der Waals surface area contributed by atoms with Crippen molar-refractivity contribution in [1.29, 1.82) is 0 Å². The number of nitrogens with zero attached hydrogens (tertiary/aromatic N) is 4. The number of rotatable bonds is 4. The van der Waals surface area contributed by atoms with Gasteiger partial charge in [-0.2, -0.15) is 0 Å². The van der Waals surface area contributed by atoms with Gasteiger partial charge in [-0.3, -0.25) is 19.5 Å². The molecule has 2 aromatic heterocycles. The highest BCUT2D eigenvalue weighted by atomic mass is 19.1. The van der Waals surface area contributed by atoms with E-state index in [0.29, 0.717) is 22.4 Å². The summed E-state index contributed by atoms with van der Waals surface area (Å²) in [5.74, 6) is -1.30. The van der Waals surface area contributed by atoms with Gasteiger partial charge in [-0.1, -0.05) is 24.3 Å². The second-order valence-corrected chi connectivity index (χ2v) is 9.20. The number of anilines is 1. The molecule has 0 radical (unpaired) electrons. The summed E-state index contributed by atoms with van der Waals surface area (Å²) in [6.07, 6.45) is 1.76. The van der Waals surface area contributed by atoms with Crippen molar-refractivity contribution in [3.05, 3.63) is 88.2 Å². The van der Waals surface area contributed by atoms with Gasteiger partial charge in [-0.05, 0) is 41.5 Å². The van der Waals surface area contributed by atoms with Crippen LogP contribution in [0.2, 0.25) is 0 Å². The topological polar surface area (TPSA) is 118 Å². The van der Waals surface area contributed by atoms with Crippen LogP contribution in [0.5, 0.6) is 0 Å². The molecular formula is C26H21FN6O4. The molecule has 0 unspecified atom stereocenters. The number of fused-ring (bicyclic) bond motifs is 2. The molecule has 2 aliphatic rings. The molecule has 186 valence electrons. The zero-order valence-corrected chi connectivity index (χ0v) is 19.7. The number of imide groups is 1. The van der Waals surface area contributed by atoms with Gasteiger partial charge in [0, 0.05) is 26.1 Å². The van der Waals surface area contributed by atoms with E-state index >= 15 is 4.39 Å². The van der Waals surface area contributed by atoms with Crippen LogP contribution < -0.4 is 16.3 Å². The number of imidazole rings is 1. The molecule has 4 aromatic rings. The van der Waals surface area contributed by atoms with Crippen LogP contribution in [0.4, 0.5) is 14.9 Å². The SMILES string of the molecule is CN1C(=O)NC(=O)[C@]12Cc1ccc(NC(=O)Cn3c(=O)n(-c4ccccn4)c4ccccc43)c(F)c1C2. The highest BCUT2D eigenvalue weighted by Crippen LogP contribution is 2.39. The minimum atomic E-state index is -1.18. The lowest BCUT2D eigenvalue weighted by molar-refractivity contribution is -0.125. The third kappa shape index (κ3) is 3.34. The minimum Gasteiger partial charge on any atom is -0.322 e. The minimum absolute atomic E-state index is 0.00295. The van der Waals surface area contributed by atoms with Crippen molar-refractivity contribution < 1.29 is 18.8 Å². The number of carbonyl (C=O) groups is 3. The van der Waals surface area contributed by atoms with Crippen molar-refractivity contribution in [3.63, 3.8) is 0 Å². The largest absolute Gasteiger partial charge is 0.335 e. The van der Waals surface area contributed by atoms with E-state index in [2.05, 4.69) is 15.6 Å². The predicted molar refractivity (Wildman–Crippen MR) is 132 cm³/mol. The molecule has 1 aliphatic carbocycles. The quantitative estimate of drug-likeness (QED) is 0.416. The normalized spacial score (nSPS) is 18.5. The summed E-state index contributed by atoms with van der Waals surface area (Å²) >= 11 is 0. The van der Waals surface area contributed by atoms with E-state index in [1.54, 1.807) is 54.7 Å². The summed E-state index contributed by atoms with van der Waals surface area (Å²) < 4.78 is 18.2. The maximum Gasteiger partial charge on any atom is 0.335 e. The van der Waals surface area contributed by atoms with Crippen molar-refractivity contribution in [1.82, 2.24) is 24.3 Å². The van der Waals surface area contributed by atoms with Crippen LogP contribution in [0.1, 0.15) is 11.1 Å². The number of benzene rings is 2. The number of hydrogen-bond donors (Lipinski definition) is 2. The maximum absolute atomic E-state index is 15.5. The van der Waals surface area contributed by atoms with E-state index in [-0.39, 0.29) is 30.6 Å². The molecule has 11 heteroatoms. The van der Waals surface area contributed by atoms with Gasteiger partial charge in [0.25, 0.3) is 5.91 Å². The van der Waals surface area contributed by atoms with Crippen LogP contribution in [-0.2, 0) is 29.0 Å². The molecule has 10 nitrogen and oxygen atoms in total. The molecule has 4 amide bonds. The van der Waals surface area contributed by atoms with Crippen molar-refractivity contribution in [2.75, 3.05) is 12.4 Å². The van der Waals surface area contributed by atoms with Gasteiger partial charge < -0.3 is 10.2 Å². The Morgan fingerprint density at radius 1 is 1.05 bits per heavy atom. The van der Waals surface area contributed by atoms with Crippen LogP contribution in [0.15, 0.2) is 65.6 Å². The monoisotopic (exact) mass is 500 g/mol. The highest BCUT2D eigenvalue weighted by Gasteiger charge is 2.55. The molecule has 1 spiro atoms. The number of para-hydroxylation sites is 2. The van der Waals surface area contributed by atoms with E-state index in [1.807, 2.05) is 0 Å². The zero-order chi connectivity index (χ0) is 25.9. The molecule has 1 fully saturated rings. The Labute approximate surface area is 209 Å². The first-order chi connectivity index (χ1) is 17.8. The average molecular weight is 500 g/mol. The Morgan fingerprint density at radius 3 is 2.51 bits per heavy atom. The molecule has 2 aromatic carbocycles. The van der Waals surface area contributed by atoms with Crippen molar-refractivity contribution in [2.45, 2.75) is 24.9 Å². The number of amides is 4. The van der Waals surface area contributed by atoms with Crippen LogP contribution in [-0.4, -0.2) is 49.5 Å². The van der Waals surface area contributed by atoms with Crippen molar-refractivity contribution in [3.8, 4) is 5.82 Å². The highest BCUT2D eigenvalue weighted by molar-refractivity contribution is 6.07. The van der Waals surface area contributed by atoms with E-state index in [1.165, 1.54) is 27.1 Å². The van der Waals surface area contributed by atoms with Gasteiger partial charge in [-0.25, -0.2) is 23.5 Å². The summed E-state index contributed by atoms with van der Waals surface area (Å²) in [5.41, 5.74) is 0.302. The third-order valence-corrected chi connectivity index (χ3v) is 7.17. The predicted octanol–water partition coefficient (Wildman–Crippen LogP) is 1.98. The van der Waals surface area contributed by atoms with Crippen LogP contribution >= 0.6 is 0 Å². The van der Waals surface area contributed by atoms with E-state index in [0.717, 1.165) is 0 Å². The third-order valence-electron chi connectivity index (χ3n) is 7.17. The van der Waals surface area contributed by atoms with Gasteiger partial charge in [0.05, 0.1) is 16.7 Å². The first-order valence-corrected chi connectivity index (χ1v) is 11.6. The first-order valence-electron chi connectivity index (χ1n) is 11.6. The number of carbonyl (C=O) groups excluding carboxylic acids is 3. The molecule has 2 N–H and O–H groups in total. The standard InChI is InChI=1S/C26H21FN6O4/c1-31-24(36)30-23(35)26(31)12-15-9-10-17(22(27)16(15)13-26)29-21(34)14-32-18-6-2-3-7-19(18)33(25(32)37)20-8-4-5-11-28-20/h2-11H,12-14H2,1H3,(H,29,34)(H,30,35,36)/t26-/m1/s1. The number of nitrogens with one attached hydrogen (secondary N) is 2. The van der Waals surface area contributed by atoms with Gasteiger partial charge in [0.1, 0.15) is 23.7 Å². The average Bonchev–Trinajstić information content (AvgIpc) is 3.49. The lowest BCUT2D eigenvalue weighted by Crippen LogP contribution is -2.48. The molecule has 1 atom stereocenters. The number of urea groups is 1. The zero-order valence-electron chi connectivity index (χ0n) is 19.7. The van der Waals surface area contributed by atoms with E-state index < -0.39 is 34.9 Å². The van der Waals surface area contributed by atoms with Gasteiger partial charge in [0.2, 0.25) is 5.91 Å². The fourth-order valence-electron chi connectivity index (χ4n) is 5.23. The first kappa shape index (κ1) is 22.7. The number of aromatic nitrogens is 3. The molecule has 1 aliphatic heterocycles. The molecule has 3 heterocycles. The molecule has 0 saturated carbocycles. The molecule has 6 rings (SSSR count). The Morgan fingerprint density at radius 2 is 1.81 bits per heavy atom. The van der Waals surface area contributed by atoms with Crippen LogP contribution in [0, 0.1) is 5.82 Å². The molecular weight excluding hydrogens is 479 g/mol. The van der Waals surface area contributed by atoms with Crippen LogP contribution in [0.25, 0.3) is 16.9 Å². The number of halogens is 1. The lowest BCUT2D eigenvalue weighted by atomic mass is 9.95. The number of hydrogen-bond acceptors (Lipinski definition) is 5. The maximum atomic E-state index is 15.5. The smallest absolute Gasteiger partial charge is 0.322 e. The summed E-state index contributed by atoms with van der Waals surface area (Å²) in [6, 6.07) is 14.8. The summed E-state index contributed by atoms with van der Waals surface area (Å²) in [7, 11) is 1.51. The molecule has 0 bridgehead atoms. The molecule has 37 heavy (non-hydrogen) atoms. The van der Waals surface area contributed by atoms with Crippen molar-refractivity contribution in [2.24, 2.45) is 0 Å². The summed E-state index contributed by atoms with van der Waals surface area (Å²) in [5, 5.41) is 4.84. The Balaban J connectivity index is 1.29. The molecule has 1 saturated heterocycles. The summed E-state index contributed by atoms with van der Waals surface area (Å²) in [6.45, 7) is -0.348. The fourth-order valence-corrected chi connectivity index (χ4v) is 5.23. The fraction of sp³-hybridized carbons (Fsp3) is 0.192. The second kappa shape index (κ2) is 8.12. The van der Waals surface area contributed by atoms with Gasteiger partial charge in [-0.15, -0.1) is 0 Å². The Bertz CT molecular complexity index is 1680. The number of pyridine rings is 1. The Hall–Kier alpha value is -4.80. The Kier molecular flexibility index (Phi) is 4.97. The number of likely N-dealkylation sites (N-methyl/N-ethyl adjacent to an activating group) is 1. The van der Waals surface area contributed by atoms with Gasteiger partial charge >= 0.3 is 11.7 Å².